The van der Waals surface area contributed by atoms with E-state index in [9.17, 15) is 4.79 Å². The number of methoxy groups -OCH3 is 2. The maximum atomic E-state index is 13.1. The summed E-state index contributed by atoms with van der Waals surface area (Å²) in [5, 5.41) is 9.43. The van der Waals surface area contributed by atoms with Crippen molar-refractivity contribution in [3.8, 4) is 22.9 Å². The maximum absolute atomic E-state index is 13.1. The first kappa shape index (κ1) is 22.9. The molecule has 3 aromatic carbocycles. The van der Waals surface area contributed by atoms with Crippen LogP contribution >= 0.6 is 0 Å². The van der Waals surface area contributed by atoms with Crippen LogP contribution in [0.15, 0.2) is 65.2 Å². The summed E-state index contributed by atoms with van der Waals surface area (Å²) in [5.74, 6) is 2.19. The summed E-state index contributed by atoms with van der Waals surface area (Å²) in [6.45, 7) is 2.02. The average molecular weight is 473 g/mol. The van der Waals surface area contributed by atoms with E-state index in [1.165, 1.54) is 0 Å². The molecule has 0 spiro atoms. The zero-order valence-corrected chi connectivity index (χ0v) is 19.9. The zero-order valence-electron chi connectivity index (χ0n) is 19.9. The van der Waals surface area contributed by atoms with E-state index in [0.717, 1.165) is 41.4 Å². The Morgan fingerprint density at radius 1 is 1.09 bits per heavy atom. The quantitative estimate of drug-likeness (QED) is 0.415. The van der Waals surface area contributed by atoms with Gasteiger partial charge in [0.25, 0.3) is 0 Å². The smallest absolute Gasteiger partial charge is 0.241 e. The molecule has 1 atom stereocenters. The number of aromatic nitrogens is 2. The molecule has 1 aliphatic rings. The van der Waals surface area contributed by atoms with Crippen LogP contribution in [0.2, 0.25) is 0 Å². The van der Waals surface area contributed by atoms with Crippen molar-refractivity contribution in [3.05, 3.63) is 66.6 Å². The minimum absolute atomic E-state index is 0.0441. The van der Waals surface area contributed by atoms with E-state index >= 15 is 0 Å². The summed E-state index contributed by atoms with van der Waals surface area (Å²) in [5.41, 5.74) is 1.63. The van der Waals surface area contributed by atoms with E-state index in [1.54, 1.807) is 14.2 Å². The van der Waals surface area contributed by atoms with Gasteiger partial charge in [0, 0.05) is 23.2 Å². The number of fused-ring (bicyclic) bond motifs is 1. The number of hydrogen-bond acceptors (Lipinski definition) is 7. The Morgan fingerprint density at radius 3 is 2.77 bits per heavy atom. The first-order chi connectivity index (χ1) is 17.1. The highest BCUT2D eigenvalue weighted by Gasteiger charge is 2.27. The van der Waals surface area contributed by atoms with Crippen LogP contribution in [0.4, 0.5) is 5.69 Å². The number of nitrogens with one attached hydrogen (secondary N) is 1. The Kier molecular flexibility index (Phi) is 6.63. The van der Waals surface area contributed by atoms with E-state index in [1.807, 2.05) is 60.7 Å². The molecule has 8 nitrogen and oxygen atoms in total. The molecule has 1 saturated heterocycles. The predicted molar refractivity (Wildman–Crippen MR) is 133 cm³/mol. The van der Waals surface area contributed by atoms with Gasteiger partial charge in [-0.3, -0.25) is 9.69 Å². The van der Waals surface area contributed by atoms with E-state index in [-0.39, 0.29) is 11.8 Å². The number of carbonyl (C=O) groups excluding carboxylic acids is 1. The Hall–Kier alpha value is -3.91. The molecule has 0 saturated carbocycles. The molecule has 180 valence electrons. The molecule has 1 aliphatic heterocycles. The Balaban J connectivity index is 1.24. The standard InChI is InChI=1S/C27H28N4O4/c1-33-23-13-12-19(15-24(23)34-2)26-29-25(35-30-26)17-31-14-6-9-20(16-31)27(32)28-22-11-5-8-18-7-3-4-10-21(18)22/h3-5,7-8,10-13,15,20H,6,9,14,16-17H2,1-2H3,(H,28,32). The van der Waals surface area contributed by atoms with Gasteiger partial charge in [-0.1, -0.05) is 41.6 Å². The highest BCUT2D eigenvalue weighted by Crippen LogP contribution is 2.31. The minimum Gasteiger partial charge on any atom is -0.493 e. The van der Waals surface area contributed by atoms with E-state index in [2.05, 4.69) is 20.4 Å². The van der Waals surface area contributed by atoms with Crippen LogP contribution in [0.1, 0.15) is 18.7 Å². The number of rotatable bonds is 7. The van der Waals surface area contributed by atoms with E-state index in [0.29, 0.717) is 36.3 Å². The zero-order chi connectivity index (χ0) is 24.2. The van der Waals surface area contributed by atoms with Gasteiger partial charge in [-0.25, -0.2) is 0 Å². The molecular formula is C27H28N4O4. The van der Waals surface area contributed by atoms with Gasteiger partial charge < -0.3 is 19.3 Å². The lowest BCUT2D eigenvalue weighted by Crippen LogP contribution is -2.40. The molecule has 1 N–H and O–H groups in total. The van der Waals surface area contributed by atoms with Gasteiger partial charge >= 0.3 is 0 Å². The molecule has 1 fully saturated rings. The molecule has 4 aromatic rings. The van der Waals surface area contributed by atoms with Crippen LogP contribution in [0.25, 0.3) is 22.2 Å². The Labute approximate surface area is 203 Å². The molecule has 0 bridgehead atoms. The van der Waals surface area contributed by atoms with Crippen LogP contribution in [0, 0.1) is 5.92 Å². The fourth-order valence-electron chi connectivity index (χ4n) is 4.59. The molecule has 0 radical (unpaired) electrons. The monoisotopic (exact) mass is 472 g/mol. The van der Waals surface area contributed by atoms with Gasteiger partial charge in [0.05, 0.1) is 26.7 Å². The van der Waals surface area contributed by atoms with Crippen molar-refractivity contribution in [2.75, 3.05) is 32.6 Å². The van der Waals surface area contributed by atoms with Crippen LogP contribution in [0.3, 0.4) is 0 Å². The Morgan fingerprint density at radius 2 is 1.91 bits per heavy atom. The van der Waals surface area contributed by atoms with Crippen LogP contribution in [-0.4, -0.2) is 48.3 Å². The first-order valence-electron chi connectivity index (χ1n) is 11.7. The van der Waals surface area contributed by atoms with E-state index < -0.39 is 0 Å². The molecule has 1 aromatic heterocycles. The van der Waals surface area contributed by atoms with Gasteiger partial charge in [-0.2, -0.15) is 4.98 Å². The third kappa shape index (κ3) is 4.97. The maximum Gasteiger partial charge on any atom is 0.241 e. The minimum atomic E-state index is -0.101. The number of anilines is 1. The SMILES string of the molecule is COc1ccc(-c2noc(CN3CCCC(C(=O)Nc4cccc5ccccc45)C3)n2)cc1OC. The lowest BCUT2D eigenvalue weighted by atomic mass is 9.96. The van der Waals surface area contributed by atoms with Crippen molar-refractivity contribution in [1.29, 1.82) is 0 Å². The normalized spacial score (nSPS) is 16.2. The summed E-state index contributed by atoms with van der Waals surface area (Å²) in [7, 11) is 3.19. The summed E-state index contributed by atoms with van der Waals surface area (Å²) in [4.78, 5) is 19.9. The van der Waals surface area contributed by atoms with Crippen LogP contribution in [0.5, 0.6) is 11.5 Å². The number of piperidine rings is 1. The number of nitrogens with zero attached hydrogens (tertiary/aromatic N) is 3. The van der Waals surface area contributed by atoms with Crippen molar-refractivity contribution >= 4 is 22.4 Å². The Bertz CT molecular complexity index is 1330. The van der Waals surface area contributed by atoms with Gasteiger partial charge in [-0.05, 0) is 49.0 Å². The molecule has 1 amide bonds. The molecule has 5 rings (SSSR count). The predicted octanol–water partition coefficient (Wildman–Crippen LogP) is 4.76. The third-order valence-electron chi connectivity index (χ3n) is 6.39. The fourth-order valence-corrected chi connectivity index (χ4v) is 4.59. The average Bonchev–Trinajstić information content (AvgIpc) is 3.37. The number of hydrogen-bond donors (Lipinski definition) is 1. The van der Waals surface area contributed by atoms with Crippen LogP contribution in [-0.2, 0) is 11.3 Å². The molecule has 35 heavy (non-hydrogen) atoms. The van der Waals surface area contributed by atoms with Crippen molar-refractivity contribution in [2.45, 2.75) is 19.4 Å². The largest absolute Gasteiger partial charge is 0.493 e. The third-order valence-corrected chi connectivity index (χ3v) is 6.39. The van der Waals surface area contributed by atoms with Crippen molar-refractivity contribution in [1.82, 2.24) is 15.0 Å². The van der Waals surface area contributed by atoms with Gasteiger partial charge in [0.15, 0.2) is 11.5 Å². The number of ether oxygens (including phenoxy) is 2. The number of carbonyl (C=O) groups is 1. The summed E-state index contributed by atoms with van der Waals surface area (Å²) in [6, 6.07) is 19.5. The molecule has 2 heterocycles. The molecule has 1 unspecified atom stereocenters. The highest BCUT2D eigenvalue weighted by atomic mass is 16.5. The lowest BCUT2D eigenvalue weighted by Gasteiger charge is -2.31. The molecular weight excluding hydrogens is 444 g/mol. The topological polar surface area (TPSA) is 89.7 Å². The summed E-state index contributed by atoms with van der Waals surface area (Å²) >= 11 is 0. The second-order valence-corrected chi connectivity index (χ2v) is 8.67. The molecule has 0 aliphatic carbocycles. The van der Waals surface area contributed by atoms with Crippen LogP contribution < -0.4 is 14.8 Å². The van der Waals surface area contributed by atoms with Crippen molar-refractivity contribution in [3.63, 3.8) is 0 Å². The first-order valence-corrected chi connectivity index (χ1v) is 11.7. The van der Waals surface area contributed by atoms with E-state index in [4.69, 9.17) is 14.0 Å². The number of amides is 1. The second-order valence-electron chi connectivity index (χ2n) is 8.67. The number of benzene rings is 3. The van der Waals surface area contributed by atoms with Gasteiger partial charge in [0.1, 0.15) is 0 Å². The summed E-state index contributed by atoms with van der Waals surface area (Å²) < 4.78 is 16.2. The highest BCUT2D eigenvalue weighted by molar-refractivity contribution is 6.02. The second kappa shape index (κ2) is 10.1. The van der Waals surface area contributed by atoms with Gasteiger partial charge in [-0.15, -0.1) is 0 Å². The summed E-state index contributed by atoms with van der Waals surface area (Å²) in [6.07, 6.45) is 1.79. The van der Waals surface area contributed by atoms with Gasteiger partial charge in [0.2, 0.25) is 17.6 Å². The van der Waals surface area contributed by atoms with Crippen molar-refractivity contribution < 1.29 is 18.8 Å². The molecule has 8 heteroatoms. The number of likely N-dealkylation sites (tertiary alicyclic amines) is 1. The lowest BCUT2D eigenvalue weighted by molar-refractivity contribution is -0.121. The van der Waals surface area contributed by atoms with Crippen molar-refractivity contribution in [2.24, 2.45) is 5.92 Å². The fraction of sp³-hybridized carbons (Fsp3) is 0.296.